The van der Waals surface area contributed by atoms with Gasteiger partial charge in [0.05, 0.1) is 12.2 Å². The molecule has 2 amide bonds. The van der Waals surface area contributed by atoms with Gasteiger partial charge in [-0.25, -0.2) is 14.2 Å². The molecule has 2 bridgehead atoms. The quantitative estimate of drug-likeness (QED) is 0.242. The number of hydrogen-bond donors (Lipinski definition) is 1. The molecule has 1 N–H and O–H groups in total. The van der Waals surface area contributed by atoms with E-state index in [4.69, 9.17) is 4.98 Å². The Hall–Kier alpha value is -3.01. The van der Waals surface area contributed by atoms with E-state index >= 15 is 0 Å². The van der Waals surface area contributed by atoms with Crippen molar-refractivity contribution in [3.63, 3.8) is 0 Å². The number of urea groups is 1. The minimum Gasteiger partial charge on any atom is -0.329 e. The third-order valence-corrected chi connectivity index (χ3v) is 11.6. The number of carbonyl (C=O) groups is 1. The molecule has 3 aromatic rings. The van der Waals surface area contributed by atoms with Crippen molar-refractivity contribution in [2.45, 2.75) is 90.4 Å². The molecule has 0 spiro atoms. The smallest absolute Gasteiger partial charge is 0.326 e. The lowest BCUT2D eigenvalue weighted by atomic mass is 9.96. The molecule has 9 heteroatoms. The van der Waals surface area contributed by atoms with Crippen LogP contribution in [0.4, 0.5) is 20.6 Å². The summed E-state index contributed by atoms with van der Waals surface area (Å²) in [4.78, 5) is 22.9. The van der Waals surface area contributed by atoms with Crippen LogP contribution in [0.5, 0.6) is 0 Å². The minimum atomic E-state index is -0.303. The van der Waals surface area contributed by atoms with Gasteiger partial charge in [0, 0.05) is 67.0 Å². The van der Waals surface area contributed by atoms with Crippen LogP contribution in [0.25, 0.3) is 0 Å². The topological polar surface area (TPSA) is 56.6 Å². The Kier molecular flexibility index (Phi) is 9.54. The van der Waals surface area contributed by atoms with Crippen molar-refractivity contribution in [1.82, 2.24) is 18.8 Å². The predicted octanol–water partition coefficient (Wildman–Crippen LogP) is 7.32. The summed E-state index contributed by atoms with van der Waals surface area (Å²) in [5.74, 6) is 6.47. The molecule has 0 aliphatic carbocycles. The van der Waals surface area contributed by atoms with Crippen LogP contribution < -0.4 is 10.2 Å². The molecular formula is C35H47FN6OS. The second-order valence-corrected chi connectivity index (χ2v) is 14.6. The standard InChI is InChI=1S/C35H47FN6OS/c1-5-21-44(4)39-20-17-34-33(24-39)37-26(3)42(34)32-22-30-15-16-31(23-32)40(30)18-6-19-41(29-13-9-27(36)10-14-29)35(43)38-28-11-7-25(2)8-12-28/h7-14,30-32H,4-6,15-24H2,1-3H3,(H,38,43)/t30-,31+,32?,44?. The third kappa shape index (κ3) is 6.65. The van der Waals surface area contributed by atoms with E-state index in [0.717, 1.165) is 62.3 Å². The van der Waals surface area contributed by atoms with Crippen LogP contribution in [0.15, 0.2) is 48.5 Å². The summed E-state index contributed by atoms with van der Waals surface area (Å²) in [6.45, 7) is 10.00. The molecular weight excluding hydrogens is 571 g/mol. The Morgan fingerprint density at radius 2 is 1.77 bits per heavy atom. The number of aromatic nitrogens is 2. The lowest BCUT2D eigenvalue weighted by Gasteiger charge is -2.41. The number of imidazole rings is 1. The van der Waals surface area contributed by atoms with Gasteiger partial charge >= 0.3 is 6.03 Å². The first-order valence-electron chi connectivity index (χ1n) is 16.3. The number of piperidine rings is 1. The number of halogens is 1. The number of hydrogen-bond acceptors (Lipinski definition) is 4. The van der Waals surface area contributed by atoms with Gasteiger partial charge in [-0.05, 0) is 88.8 Å². The van der Waals surface area contributed by atoms with E-state index in [0.29, 0.717) is 30.4 Å². The first-order chi connectivity index (χ1) is 21.3. The molecule has 2 fully saturated rings. The molecule has 0 radical (unpaired) electrons. The van der Waals surface area contributed by atoms with Crippen LogP contribution in [0, 0.1) is 19.7 Å². The Bertz CT molecular complexity index is 1460. The highest BCUT2D eigenvalue weighted by Crippen LogP contribution is 2.43. The zero-order valence-electron chi connectivity index (χ0n) is 26.5. The second-order valence-electron chi connectivity index (χ2n) is 12.7. The first-order valence-corrected chi connectivity index (χ1v) is 17.8. The average molecular weight is 619 g/mol. The molecule has 4 atom stereocenters. The highest BCUT2D eigenvalue weighted by Gasteiger charge is 2.42. The molecule has 7 nitrogen and oxygen atoms in total. The van der Waals surface area contributed by atoms with Gasteiger partial charge in [0.2, 0.25) is 0 Å². The fourth-order valence-corrected chi connectivity index (χ4v) is 9.00. The fraction of sp³-hybridized carbons (Fsp3) is 0.514. The molecule has 2 saturated heterocycles. The van der Waals surface area contributed by atoms with Crippen molar-refractivity contribution < 1.29 is 9.18 Å². The van der Waals surface area contributed by atoms with Gasteiger partial charge in [-0.1, -0.05) is 30.5 Å². The third-order valence-electron chi connectivity index (χ3n) is 9.71. The summed E-state index contributed by atoms with van der Waals surface area (Å²) in [6, 6.07) is 15.5. The Labute approximate surface area is 264 Å². The first kappa shape index (κ1) is 31.0. The van der Waals surface area contributed by atoms with Crippen molar-refractivity contribution in [3.8, 4) is 0 Å². The van der Waals surface area contributed by atoms with Gasteiger partial charge in [0.1, 0.15) is 11.6 Å². The predicted molar refractivity (Wildman–Crippen MR) is 181 cm³/mol. The van der Waals surface area contributed by atoms with Crippen LogP contribution in [0.3, 0.4) is 0 Å². The van der Waals surface area contributed by atoms with E-state index in [1.165, 1.54) is 48.6 Å². The van der Waals surface area contributed by atoms with Crippen molar-refractivity contribution in [2.75, 3.05) is 35.6 Å². The lowest BCUT2D eigenvalue weighted by molar-refractivity contribution is 0.104. The summed E-state index contributed by atoms with van der Waals surface area (Å²) in [7, 11) is 0.0753. The number of aryl methyl sites for hydroxylation is 2. The van der Waals surface area contributed by atoms with Crippen molar-refractivity contribution >= 4 is 33.9 Å². The largest absolute Gasteiger partial charge is 0.329 e. The highest BCUT2D eigenvalue weighted by molar-refractivity contribution is 8.12. The molecule has 6 rings (SSSR count). The van der Waals surface area contributed by atoms with Crippen molar-refractivity contribution in [3.05, 3.63) is 77.1 Å². The monoisotopic (exact) mass is 618 g/mol. The number of nitrogens with one attached hydrogen (secondary N) is 1. The Morgan fingerprint density at radius 3 is 2.45 bits per heavy atom. The van der Waals surface area contributed by atoms with Gasteiger partial charge in [-0.15, -0.1) is 10.7 Å². The van der Waals surface area contributed by atoms with Gasteiger partial charge in [-0.2, -0.15) is 0 Å². The van der Waals surface area contributed by atoms with E-state index in [9.17, 15) is 9.18 Å². The van der Waals surface area contributed by atoms with Gasteiger partial charge in [0.15, 0.2) is 0 Å². The molecule has 2 unspecified atom stereocenters. The fourth-order valence-electron chi connectivity index (χ4n) is 7.62. The number of anilines is 2. The van der Waals surface area contributed by atoms with Crippen LogP contribution in [0.2, 0.25) is 0 Å². The van der Waals surface area contributed by atoms with Crippen LogP contribution in [0.1, 0.15) is 74.3 Å². The summed E-state index contributed by atoms with van der Waals surface area (Å²) < 4.78 is 18.8. The van der Waals surface area contributed by atoms with Crippen LogP contribution in [-0.4, -0.2) is 68.1 Å². The number of amides is 2. The number of rotatable bonds is 10. The molecule has 2 aromatic carbocycles. The second kappa shape index (κ2) is 13.5. The maximum absolute atomic E-state index is 13.7. The molecule has 3 aliphatic rings. The van der Waals surface area contributed by atoms with E-state index in [1.807, 2.05) is 31.2 Å². The number of nitrogens with zero attached hydrogens (tertiary/aromatic N) is 5. The molecule has 4 heterocycles. The minimum absolute atomic E-state index is 0.0753. The van der Waals surface area contributed by atoms with Crippen LogP contribution in [-0.2, 0) is 13.0 Å². The van der Waals surface area contributed by atoms with E-state index in [2.05, 4.69) is 38.8 Å². The number of benzene rings is 2. The summed E-state index contributed by atoms with van der Waals surface area (Å²) in [6.07, 6.45) is 7.90. The number of fused-ring (bicyclic) bond motifs is 3. The molecule has 44 heavy (non-hydrogen) atoms. The van der Waals surface area contributed by atoms with Gasteiger partial charge < -0.3 is 9.88 Å². The zero-order valence-corrected chi connectivity index (χ0v) is 27.3. The van der Waals surface area contributed by atoms with E-state index in [-0.39, 0.29) is 22.5 Å². The van der Waals surface area contributed by atoms with Crippen molar-refractivity contribution in [2.24, 2.45) is 0 Å². The summed E-state index contributed by atoms with van der Waals surface area (Å²) >= 11 is 0. The number of carbonyl (C=O) groups excluding carboxylic acids is 1. The average Bonchev–Trinajstić information content (AvgIpc) is 3.46. The molecule has 1 aromatic heterocycles. The molecule has 236 valence electrons. The summed E-state index contributed by atoms with van der Waals surface area (Å²) in [5, 5.41) is 3.03. The molecule has 3 aliphatic heterocycles. The highest BCUT2D eigenvalue weighted by atomic mass is 32.2. The van der Waals surface area contributed by atoms with E-state index in [1.54, 1.807) is 17.0 Å². The maximum atomic E-state index is 13.7. The van der Waals surface area contributed by atoms with E-state index < -0.39 is 0 Å². The van der Waals surface area contributed by atoms with Crippen molar-refractivity contribution in [1.29, 1.82) is 0 Å². The SMILES string of the molecule is C=S(CCC)N1CCc2c(nc(C)n2C2C[C@H]3CC[C@@H](C2)N3CCCN(C(=O)Nc2ccc(C)cc2)c2ccc(F)cc2)C1. The Morgan fingerprint density at radius 1 is 1.07 bits per heavy atom. The van der Waals surface area contributed by atoms with Gasteiger partial charge in [0.25, 0.3) is 0 Å². The van der Waals surface area contributed by atoms with Crippen LogP contribution >= 0.6 is 10.7 Å². The zero-order chi connectivity index (χ0) is 30.8. The molecule has 0 saturated carbocycles. The maximum Gasteiger partial charge on any atom is 0.326 e. The summed E-state index contributed by atoms with van der Waals surface area (Å²) in [5.41, 5.74) is 5.33. The lowest BCUT2D eigenvalue weighted by Crippen LogP contribution is -2.45. The normalized spacial score (nSPS) is 22.5. The van der Waals surface area contributed by atoms with Gasteiger partial charge in [-0.3, -0.25) is 14.1 Å². The Balaban J connectivity index is 1.09.